The Morgan fingerprint density at radius 2 is 1.61 bits per heavy atom. The smallest absolute Gasteiger partial charge is 0.0732 e. The summed E-state index contributed by atoms with van der Waals surface area (Å²) in [5, 5.41) is 11.5. The second-order valence-electron chi connectivity index (χ2n) is 7.33. The predicted molar refractivity (Wildman–Crippen MR) is 69.0 cm³/mol. The molecule has 96 valence electrons. The maximum atomic E-state index is 4.76. The fraction of sp³-hybridized carbons (Fsp3) is 0.800. The lowest BCUT2D eigenvalue weighted by Gasteiger charge is -2.56. The van der Waals surface area contributed by atoms with Gasteiger partial charge in [0.25, 0.3) is 0 Å². The van der Waals surface area contributed by atoms with E-state index in [0.717, 1.165) is 30.8 Å². The van der Waals surface area contributed by atoms with Crippen LogP contribution < -0.4 is 5.32 Å². The van der Waals surface area contributed by atoms with Crippen LogP contribution in [0.1, 0.15) is 55.5 Å². The molecule has 0 aromatic carbocycles. The molecule has 1 aromatic heterocycles. The number of aromatic nitrogens is 2. The maximum Gasteiger partial charge on any atom is 0.0732 e. The summed E-state index contributed by atoms with van der Waals surface area (Å²) in [7, 11) is 0. The quantitative estimate of drug-likeness (QED) is 0.795. The molecule has 3 heteroatoms. The van der Waals surface area contributed by atoms with E-state index in [0.29, 0.717) is 5.41 Å². The third-order valence-electron chi connectivity index (χ3n) is 6.10. The van der Waals surface area contributed by atoms with Crippen LogP contribution in [0.15, 0.2) is 0 Å². The average molecular weight is 243 g/mol. The van der Waals surface area contributed by atoms with E-state index in [9.17, 15) is 0 Å². The van der Waals surface area contributed by atoms with E-state index in [1.807, 2.05) is 0 Å². The molecule has 4 fully saturated rings. The van der Waals surface area contributed by atoms with E-state index >= 15 is 0 Å². The van der Waals surface area contributed by atoms with E-state index in [1.54, 1.807) is 0 Å². The molecule has 0 atom stereocenters. The van der Waals surface area contributed by atoms with Crippen molar-refractivity contribution in [2.75, 3.05) is 0 Å². The lowest BCUT2D eigenvalue weighted by molar-refractivity contribution is -0.00761. The van der Waals surface area contributed by atoms with Crippen LogP contribution in [-0.4, -0.2) is 10.2 Å². The molecule has 2 N–H and O–H groups in total. The number of H-pyrrole nitrogens is 1. The molecule has 5 aliphatic rings. The number of nitrogens with one attached hydrogen (secondary N) is 2. The fourth-order valence-corrected chi connectivity index (χ4v) is 5.89. The first-order valence-electron chi connectivity index (χ1n) is 7.60. The van der Waals surface area contributed by atoms with Crippen LogP contribution in [0.25, 0.3) is 0 Å². The van der Waals surface area contributed by atoms with Crippen LogP contribution in [0.4, 0.5) is 0 Å². The first kappa shape index (κ1) is 10.0. The van der Waals surface area contributed by atoms with E-state index in [2.05, 4.69) is 10.4 Å². The van der Waals surface area contributed by atoms with Crippen LogP contribution in [0.2, 0.25) is 0 Å². The maximum absolute atomic E-state index is 4.76. The second-order valence-corrected chi connectivity index (χ2v) is 7.33. The van der Waals surface area contributed by atoms with E-state index in [1.165, 1.54) is 55.5 Å². The molecule has 4 bridgehead atoms. The van der Waals surface area contributed by atoms with Gasteiger partial charge in [-0.25, -0.2) is 0 Å². The molecule has 0 saturated heterocycles. The average Bonchev–Trinajstić information content (AvgIpc) is 2.87. The van der Waals surface area contributed by atoms with Gasteiger partial charge in [0.2, 0.25) is 0 Å². The lowest BCUT2D eigenvalue weighted by Crippen LogP contribution is -2.49. The SMILES string of the molecule is C1NCc2c(C34CC5CC(CC(C5)C3)C4)n[nH]c21. The molecule has 1 aromatic rings. The summed E-state index contributed by atoms with van der Waals surface area (Å²) in [6.45, 7) is 2.04. The number of hydrogen-bond acceptors (Lipinski definition) is 2. The minimum atomic E-state index is 0.463. The molecule has 3 nitrogen and oxygen atoms in total. The summed E-state index contributed by atoms with van der Waals surface area (Å²) in [5.74, 6) is 3.04. The van der Waals surface area contributed by atoms with Crippen molar-refractivity contribution in [3.63, 3.8) is 0 Å². The summed E-state index contributed by atoms with van der Waals surface area (Å²) in [6, 6.07) is 0. The zero-order valence-corrected chi connectivity index (χ0v) is 10.8. The summed E-state index contributed by atoms with van der Waals surface area (Å²) in [5.41, 5.74) is 4.81. The Morgan fingerprint density at radius 3 is 2.28 bits per heavy atom. The van der Waals surface area contributed by atoms with Crippen molar-refractivity contribution >= 4 is 0 Å². The van der Waals surface area contributed by atoms with Crippen molar-refractivity contribution in [2.24, 2.45) is 17.8 Å². The first-order chi connectivity index (χ1) is 8.82. The standard InChI is InChI=1S/C15H21N3/c1-9-2-11-3-10(1)5-15(4-9,6-11)14-12-7-16-8-13(12)17-18-14/h9-11,16H,1-8H2,(H,17,18). The van der Waals surface area contributed by atoms with Crippen LogP contribution in [0, 0.1) is 17.8 Å². The van der Waals surface area contributed by atoms with Gasteiger partial charge >= 0.3 is 0 Å². The van der Waals surface area contributed by atoms with Crippen molar-refractivity contribution in [3.05, 3.63) is 17.0 Å². The fourth-order valence-electron chi connectivity index (χ4n) is 5.89. The molecule has 0 unspecified atom stereocenters. The van der Waals surface area contributed by atoms with E-state index in [4.69, 9.17) is 5.10 Å². The minimum absolute atomic E-state index is 0.463. The van der Waals surface area contributed by atoms with Gasteiger partial charge in [-0.3, -0.25) is 5.10 Å². The van der Waals surface area contributed by atoms with Crippen molar-refractivity contribution in [3.8, 4) is 0 Å². The van der Waals surface area contributed by atoms with Crippen LogP contribution in [0.3, 0.4) is 0 Å². The Balaban J connectivity index is 1.62. The highest BCUT2D eigenvalue weighted by molar-refractivity contribution is 5.36. The van der Waals surface area contributed by atoms with Gasteiger partial charge in [-0.1, -0.05) is 0 Å². The van der Waals surface area contributed by atoms with Crippen molar-refractivity contribution in [1.29, 1.82) is 0 Å². The molecule has 4 saturated carbocycles. The highest BCUT2D eigenvalue weighted by Gasteiger charge is 2.53. The normalized spacial score (nSPS) is 44.6. The zero-order chi connectivity index (χ0) is 11.7. The third kappa shape index (κ3) is 1.16. The van der Waals surface area contributed by atoms with Gasteiger partial charge in [0, 0.05) is 24.1 Å². The number of hydrogen-bond donors (Lipinski definition) is 2. The van der Waals surface area contributed by atoms with Gasteiger partial charge in [-0.15, -0.1) is 0 Å². The molecule has 0 spiro atoms. The molecule has 0 radical (unpaired) electrons. The first-order valence-corrected chi connectivity index (χ1v) is 7.60. The van der Waals surface area contributed by atoms with Gasteiger partial charge in [0.05, 0.1) is 11.4 Å². The molecular formula is C15H21N3. The summed E-state index contributed by atoms with van der Waals surface area (Å²) < 4.78 is 0. The van der Waals surface area contributed by atoms with E-state index < -0.39 is 0 Å². The summed E-state index contributed by atoms with van der Waals surface area (Å²) in [6.07, 6.45) is 8.83. The molecule has 4 aliphatic carbocycles. The van der Waals surface area contributed by atoms with Gasteiger partial charge in [-0.05, 0) is 56.3 Å². The second kappa shape index (κ2) is 3.19. The Kier molecular flexibility index (Phi) is 1.77. The Hall–Kier alpha value is -0.830. The highest BCUT2D eigenvalue weighted by atomic mass is 15.2. The molecule has 6 rings (SSSR count). The van der Waals surface area contributed by atoms with Crippen molar-refractivity contribution in [1.82, 2.24) is 15.5 Å². The summed E-state index contributed by atoms with van der Waals surface area (Å²) >= 11 is 0. The van der Waals surface area contributed by atoms with Gasteiger partial charge in [0.15, 0.2) is 0 Å². The molecular weight excluding hydrogens is 222 g/mol. The van der Waals surface area contributed by atoms with Crippen LogP contribution in [-0.2, 0) is 18.5 Å². The third-order valence-corrected chi connectivity index (χ3v) is 6.10. The lowest BCUT2D eigenvalue weighted by atomic mass is 9.48. The molecule has 0 amide bonds. The van der Waals surface area contributed by atoms with Crippen molar-refractivity contribution in [2.45, 2.75) is 57.0 Å². The Morgan fingerprint density at radius 1 is 0.944 bits per heavy atom. The Bertz CT molecular complexity index is 467. The van der Waals surface area contributed by atoms with Crippen molar-refractivity contribution < 1.29 is 0 Å². The number of rotatable bonds is 1. The van der Waals surface area contributed by atoms with E-state index in [-0.39, 0.29) is 0 Å². The topological polar surface area (TPSA) is 40.7 Å². The predicted octanol–water partition coefficient (Wildman–Crippen LogP) is 2.48. The number of aromatic amines is 1. The van der Waals surface area contributed by atoms with Gasteiger partial charge in [0.1, 0.15) is 0 Å². The number of fused-ring (bicyclic) bond motifs is 1. The minimum Gasteiger partial charge on any atom is -0.307 e. The zero-order valence-electron chi connectivity index (χ0n) is 10.8. The Labute approximate surface area is 108 Å². The van der Waals surface area contributed by atoms with Crippen LogP contribution >= 0.6 is 0 Å². The van der Waals surface area contributed by atoms with Gasteiger partial charge in [-0.2, -0.15) is 5.10 Å². The number of nitrogens with zero attached hydrogens (tertiary/aromatic N) is 1. The molecule has 1 aliphatic heterocycles. The highest BCUT2D eigenvalue weighted by Crippen LogP contribution is 2.61. The largest absolute Gasteiger partial charge is 0.307 e. The monoisotopic (exact) mass is 243 g/mol. The molecule has 18 heavy (non-hydrogen) atoms. The molecule has 2 heterocycles. The van der Waals surface area contributed by atoms with Crippen LogP contribution in [0.5, 0.6) is 0 Å². The summed E-state index contributed by atoms with van der Waals surface area (Å²) in [4.78, 5) is 0. The van der Waals surface area contributed by atoms with Gasteiger partial charge < -0.3 is 5.32 Å².